The SMILES string of the molecule is CCCCOc1ccc(OCCCN2CCOCC2)cc1.Cc1cc(C=Cc2ccc3cc(N(C)C)ccc3[n+]2C)c(C)n1-c1ccccc1.Cl.O=C(O)c1cc2ccccc2c(Cc2c(O)c(C(=O)O)cc3ccccc23)c1[O-]. The Kier molecular flexibility index (Phi) is 20.7. The Bertz CT molecular complexity index is 3490. The molecule has 10 rings (SSSR count). The minimum absolute atomic E-state index is 0. The van der Waals surface area contributed by atoms with E-state index in [2.05, 4.69) is 140 Å². The van der Waals surface area contributed by atoms with Crippen molar-refractivity contribution in [3.63, 3.8) is 0 Å². The Morgan fingerprint density at radius 1 is 0.700 bits per heavy atom. The maximum absolute atomic E-state index is 12.9. The van der Waals surface area contributed by atoms with Gasteiger partial charge in [-0.05, 0) is 138 Å². The van der Waals surface area contributed by atoms with Gasteiger partial charge >= 0.3 is 11.9 Å². The van der Waals surface area contributed by atoms with E-state index in [0.29, 0.717) is 21.5 Å². The summed E-state index contributed by atoms with van der Waals surface area (Å²) >= 11 is 0. The number of fused-ring (bicyclic) bond motifs is 3. The summed E-state index contributed by atoms with van der Waals surface area (Å²) in [6, 6.07) is 48.2. The number of phenols is 1. The first-order valence-electron chi connectivity index (χ1n) is 26.8. The van der Waals surface area contributed by atoms with Crippen molar-refractivity contribution in [3.05, 3.63) is 197 Å². The number of pyridine rings is 1. The van der Waals surface area contributed by atoms with Gasteiger partial charge in [0.15, 0.2) is 0 Å². The number of hydrogen-bond acceptors (Lipinski definition) is 9. The van der Waals surface area contributed by atoms with Crippen molar-refractivity contribution in [3.8, 4) is 28.7 Å². The first kappa shape index (κ1) is 59.3. The smallest absolute Gasteiger partial charge is 0.339 e. The molecule has 7 aromatic carbocycles. The van der Waals surface area contributed by atoms with Crippen molar-refractivity contribution in [1.82, 2.24) is 9.47 Å². The Morgan fingerprint density at radius 3 is 1.90 bits per heavy atom. The molecule has 1 aliphatic heterocycles. The Balaban J connectivity index is 0.000000175. The molecule has 0 amide bonds. The van der Waals surface area contributed by atoms with E-state index in [1.807, 2.05) is 24.3 Å². The van der Waals surface area contributed by atoms with Gasteiger partial charge in [-0.25, -0.2) is 9.59 Å². The number of hydrogen-bond donors (Lipinski definition) is 3. The molecule has 80 heavy (non-hydrogen) atoms. The summed E-state index contributed by atoms with van der Waals surface area (Å²) in [6.45, 7) is 13.0. The molecule has 1 saturated heterocycles. The van der Waals surface area contributed by atoms with Gasteiger partial charge in [0.2, 0.25) is 11.2 Å². The van der Waals surface area contributed by atoms with E-state index in [-0.39, 0.29) is 41.1 Å². The lowest BCUT2D eigenvalue weighted by molar-refractivity contribution is -0.646. The fraction of sp³-hybridized carbons (Fsp3) is 0.258. The molecule has 0 aliphatic carbocycles. The summed E-state index contributed by atoms with van der Waals surface area (Å²) in [4.78, 5) is 27.7. The highest BCUT2D eigenvalue weighted by Gasteiger charge is 2.21. The molecule has 0 bridgehead atoms. The number of carbonyl (C=O) groups is 2. The summed E-state index contributed by atoms with van der Waals surface area (Å²) in [6.07, 6.45) is 7.63. The minimum atomic E-state index is -1.34. The molecule has 14 heteroatoms. The number of nitrogens with zero attached hydrogens (tertiary/aromatic N) is 4. The molecule has 1 aliphatic rings. The van der Waals surface area contributed by atoms with Gasteiger partial charge in [0.25, 0.3) is 0 Å². The van der Waals surface area contributed by atoms with Gasteiger partial charge in [0.1, 0.15) is 29.9 Å². The number of aromatic carboxylic acids is 2. The monoisotopic (exact) mass is 1100 g/mol. The molecule has 0 saturated carbocycles. The van der Waals surface area contributed by atoms with Crippen LogP contribution in [0.4, 0.5) is 5.69 Å². The highest BCUT2D eigenvalue weighted by atomic mass is 35.5. The van der Waals surface area contributed by atoms with Crippen molar-refractivity contribution in [2.45, 2.75) is 46.5 Å². The van der Waals surface area contributed by atoms with Crippen LogP contribution in [-0.4, -0.2) is 96.9 Å². The Labute approximate surface area is 474 Å². The molecule has 9 aromatic rings. The van der Waals surface area contributed by atoms with Gasteiger partial charge in [-0.15, -0.1) is 12.4 Å². The molecular weight excluding hydrogens is 1030 g/mol. The number of para-hydroxylation sites is 1. The number of unbranched alkanes of at least 4 members (excludes halogenated alkanes) is 1. The number of anilines is 1. The molecule has 2 aromatic heterocycles. The van der Waals surface area contributed by atoms with Gasteiger partial charge in [-0.1, -0.05) is 85.8 Å². The highest BCUT2D eigenvalue weighted by molar-refractivity contribution is 6.02. The van der Waals surface area contributed by atoms with Crippen LogP contribution in [-0.2, 0) is 18.2 Å². The van der Waals surface area contributed by atoms with E-state index in [4.69, 9.17) is 14.2 Å². The maximum atomic E-state index is 12.9. The zero-order valence-electron chi connectivity index (χ0n) is 46.4. The lowest BCUT2D eigenvalue weighted by Crippen LogP contribution is -2.37. The topological polar surface area (TPSA) is 161 Å². The summed E-state index contributed by atoms with van der Waals surface area (Å²) < 4.78 is 21.3. The van der Waals surface area contributed by atoms with E-state index in [1.54, 1.807) is 48.5 Å². The average Bonchev–Trinajstić information content (AvgIpc) is 3.77. The molecule has 3 heterocycles. The van der Waals surface area contributed by atoms with Crippen LogP contribution in [0.15, 0.2) is 152 Å². The number of morpholine rings is 1. The first-order chi connectivity index (χ1) is 38.2. The number of aromatic nitrogens is 2. The number of carboxylic acids is 2. The van der Waals surface area contributed by atoms with Crippen LogP contribution in [0.5, 0.6) is 23.0 Å². The summed E-state index contributed by atoms with van der Waals surface area (Å²) in [5, 5.41) is 46.1. The van der Waals surface area contributed by atoms with Crippen LogP contribution in [0.3, 0.4) is 0 Å². The quantitative estimate of drug-likeness (QED) is 0.0588. The van der Waals surface area contributed by atoms with Crippen molar-refractivity contribution in [2.24, 2.45) is 7.05 Å². The second-order valence-electron chi connectivity index (χ2n) is 19.8. The second-order valence-corrected chi connectivity index (χ2v) is 19.8. The third-order valence-electron chi connectivity index (χ3n) is 14.3. The van der Waals surface area contributed by atoms with Crippen molar-refractivity contribution in [2.75, 3.05) is 65.1 Å². The molecule has 0 unspecified atom stereocenters. The first-order valence-corrected chi connectivity index (χ1v) is 26.8. The minimum Gasteiger partial charge on any atom is -0.872 e. The zero-order valence-corrected chi connectivity index (χ0v) is 47.2. The number of rotatable bonds is 17. The van der Waals surface area contributed by atoms with Gasteiger partial charge in [0, 0.05) is 92.1 Å². The summed E-state index contributed by atoms with van der Waals surface area (Å²) in [5.41, 5.74) is 8.40. The molecule has 0 atom stereocenters. The summed E-state index contributed by atoms with van der Waals surface area (Å²) in [7, 11) is 6.28. The third kappa shape index (κ3) is 14.5. The lowest BCUT2D eigenvalue weighted by atomic mass is 9.90. The molecule has 3 N–H and O–H groups in total. The van der Waals surface area contributed by atoms with Gasteiger partial charge in [-0.3, -0.25) is 4.90 Å². The maximum Gasteiger partial charge on any atom is 0.339 e. The number of aryl methyl sites for hydroxylation is 2. The van der Waals surface area contributed by atoms with Crippen molar-refractivity contribution >= 4 is 74.6 Å². The standard InChI is InChI=1S/C26H28N3.C23H16O6.C17H27NO3.ClH/c1-19-17-21(20(2)29(19)24-9-7-6-8-10-24)11-13-23-14-12-22-18-25(27(3)4)15-16-26(22)28(23)5;24-20-16(14-7-3-1-5-12(14)9-18(20)22(26)27)11-17-15-8-4-2-6-13(15)10-19(21(17)25)23(28)29;1-2-3-12-20-16-5-7-17(8-6-16)21-13-4-9-18-10-14-19-15-11-18;/h6-18H,1-5H3;1-10,24-25H,11H2,(H,26,27)(H,28,29);5-8H,2-4,9-15H2,1H3;1H/q+1;;;/p-1. The number of aromatic hydroxyl groups is 1. The fourth-order valence-electron chi connectivity index (χ4n) is 9.90. The number of ether oxygens (including phenoxy) is 3. The van der Waals surface area contributed by atoms with E-state index in [9.17, 15) is 30.0 Å². The van der Waals surface area contributed by atoms with Crippen LogP contribution >= 0.6 is 12.4 Å². The molecule has 416 valence electrons. The third-order valence-corrected chi connectivity index (χ3v) is 14.3. The van der Waals surface area contributed by atoms with E-state index in [1.165, 1.54) is 57.1 Å². The predicted octanol–water partition coefficient (Wildman–Crippen LogP) is 12.5. The fourth-order valence-corrected chi connectivity index (χ4v) is 9.90. The van der Waals surface area contributed by atoms with Gasteiger partial charge in [-0.2, -0.15) is 4.57 Å². The van der Waals surface area contributed by atoms with Crippen molar-refractivity contribution < 1.29 is 48.8 Å². The summed E-state index contributed by atoms with van der Waals surface area (Å²) in [5.74, 6) is -1.87. The molecule has 13 nitrogen and oxygen atoms in total. The van der Waals surface area contributed by atoms with Crippen molar-refractivity contribution in [1.29, 1.82) is 0 Å². The van der Waals surface area contributed by atoms with Crippen LogP contribution < -0.4 is 24.0 Å². The molecule has 0 spiro atoms. The molecule has 0 radical (unpaired) electrons. The van der Waals surface area contributed by atoms with Crippen LogP contribution in [0.2, 0.25) is 0 Å². The van der Waals surface area contributed by atoms with E-state index < -0.39 is 23.4 Å². The number of halogens is 1. The lowest BCUT2D eigenvalue weighted by Gasteiger charge is -2.26. The second kappa shape index (κ2) is 28.0. The van der Waals surface area contributed by atoms with Gasteiger partial charge in [0.05, 0.1) is 32.0 Å². The molecule has 1 fully saturated rings. The Morgan fingerprint density at radius 2 is 1.29 bits per heavy atom. The van der Waals surface area contributed by atoms with E-state index in [0.717, 1.165) is 76.8 Å². The van der Waals surface area contributed by atoms with E-state index >= 15 is 0 Å². The normalized spacial score (nSPS) is 12.3. The van der Waals surface area contributed by atoms with Gasteiger partial charge < -0.3 is 44.1 Å². The highest BCUT2D eigenvalue weighted by Crippen LogP contribution is 2.38. The number of carboxylic acid groups (broad SMARTS) is 2. The average molecular weight is 1100 g/mol. The van der Waals surface area contributed by atoms with Crippen LogP contribution in [0.25, 0.3) is 50.3 Å². The Hall–Kier alpha value is -8.36. The zero-order chi connectivity index (χ0) is 56.0. The van der Waals surface area contributed by atoms with Crippen LogP contribution in [0, 0.1) is 13.8 Å². The van der Waals surface area contributed by atoms with Crippen LogP contribution in [0.1, 0.15) is 80.7 Å². The predicted molar refractivity (Wildman–Crippen MR) is 321 cm³/mol. The number of benzene rings is 7. The molecular formula is C66H71ClN4O9. The largest absolute Gasteiger partial charge is 0.872 e.